The van der Waals surface area contributed by atoms with E-state index in [4.69, 9.17) is 0 Å². The van der Waals surface area contributed by atoms with Crippen LogP contribution in [0, 0.1) is 27.6 Å². The molecule has 0 amide bonds. The highest BCUT2D eigenvalue weighted by Crippen LogP contribution is 2.15. The molecule has 0 aromatic heterocycles. The van der Waals surface area contributed by atoms with E-state index in [-0.39, 0.29) is 24.9 Å². The van der Waals surface area contributed by atoms with Gasteiger partial charge in [0, 0.05) is 17.4 Å². The Balaban J connectivity index is 2.69. The van der Waals surface area contributed by atoms with E-state index in [1.165, 1.54) is 0 Å². The summed E-state index contributed by atoms with van der Waals surface area (Å²) in [6, 6.07) is 1.17. The second-order valence-corrected chi connectivity index (χ2v) is 3.02. The molecule has 0 bridgehead atoms. The maximum Gasteiger partial charge on any atom is 0.204 e. The van der Waals surface area contributed by atoms with E-state index in [1.54, 1.807) is 0 Å². The van der Waals surface area contributed by atoms with Gasteiger partial charge in [0.15, 0.2) is 11.6 Å². The molecule has 0 radical (unpaired) electrons. The van der Waals surface area contributed by atoms with E-state index in [9.17, 15) is 23.3 Å². The molecule has 1 rings (SSSR count). The van der Waals surface area contributed by atoms with E-state index >= 15 is 0 Å². The fourth-order valence-corrected chi connectivity index (χ4v) is 1.15. The second-order valence-electron chi connectivity index (χ2n) is 3.02. The highest BCUT2D eigenvalue weighted by atomic mass is 19.2. The first-order valence-corrected chi connectivity index (χ1v) is 4.26. The summed E-state index contributed by atoms with van der Waals surface area (Å²) in [7, 11) is 0. The van der Waals surface area contributed by atoms with Crippen molar-refractivity contribution < 1.29 is 18.1 Å². The van der Waals surface area contributed by atoms with Crippen LogP contribution < -0.4 is 0 Å². The summed E-state index contributed by atoms with van der Waals surface area (Å²) < 4.78 is 38.1. The minimum absolute atomic E-state index is 0.0179. The number of nitro groups is 1. The van der Waals surface area contributed by atoms with Crippen molar-refractivity contribution in [2.75, 3.05) is 6.54 Å². The predicted molar refractivity (Wildman–Crippen MR) is 46.5 cm³/mol. The number of hydrogen-bond donors (Lipinski definition) is 0. The van der Waals surface area contributed by atoms with Crippen LogP contribution in [-0.4, -0.2) is 11.5 Å². The quantitative estimate of drug-likeness (QED) is 0.443. The molecule has 0 aliphatic heterocycles. The third-order valence-electron chi connectivity index (χ3n) is 1.88. The first-order chi connectivity index (χ1) is 7.00. The van der Waals surface area contributed by atoms with Crippen LogP contribution >= 0.6 is 0 Å². The van der Waals surface area contributed by atoms with Crippen LogP contribution in [0.25, 0.3) is 0 Å². The van der Waals surface area contributed by atoms with Gasteiger partial charge in [-0.1, -0.05) is 0 Å². The molecule has 15 heavy (non-hydrogen) atoms. The number of benzene rings is 1. The number of hydrogen-bond acceptors (Lipinski definition) is 2. The normalized spacial score (nSPS) is 10.3. The summed E-state index contributed by atoms with van der Waals surface area (Å²) in [6.45, 7) is -0.321. The van der Waals surface area contributed by atoms with Gasteiger partial charge in [-0.25, -0.2) is 13.2 Å². The zero-order chi connectivity index (χ0) is 11.4. The van der Waals surface area contributed by atoms with E-state index in [0.29, 0.717) is 6.07 Å². The lowest BCUT2D eigenvalue weighted by Crippen LogP contribution is -2.03. The van der Waals surface area contributed by atoms with Crippen molar-refractivity contribution >= 4 is 0 Å². The van der Waals surface area contributed by atoms with Gasteiger partial charge in [0.05, 0.1) is 0 Å². The Labute approximate surface area is 83.7 Å². The molecule has 82 valence electrons. The molecule has 0 heterocycles. The lowest BCUT2D eigenvalue weighted by molar-refractivity contribution is -0.480. The summed E-state index contributed by atoms with van der Waals surface area (Å²) in [6.07, 6.45) is 0.110. The van der Waals surface area contributed by atoms with Crippen molar-refractivity contribution in [1.29, 1.82) is 0 Å². The standard InChI is InChI=1S/C9H8F3NO2/c10-7-5-9(12)8(11)4-6(7)2-1-3-13(14)15/h4-5H,1-3H2. The van der Waals surface area contributed by atoms with E-state index in [2.05, 4.69) is 0 Å². The summed E-state index contributed by atoms with van der Waals surface area (Å²) >= 11 is 0. The van der Waals surface area contributed by atoms with Crippen LogP contribution in [0.15, 0.2) is 12.1 Å². The zero-order valence-electron chi connectivity index (χ0n) is 7.67. The Morgan fingerprint density at radius 2 is 1.73 bits per heavy atom. The molecule has 0 aliphatic carbocycles. The van der Waals surface area contributed by atoms with Crippen molar-refractivity contribution in [3.05, 3.63) is 45.3 Å². The lowest BCUT2D eigenvalue weighted by atomic mass is 10.1. The summed E-state index contributed by atoms with van der Waals surface area (Å²) in [4.78, 5) is 9.43. The molecule has 0 atom stereocenters. The molecule has 0 N–H and O–H groups in total. The molecule has 0 spiro atoms. The third kappa shape index (κ3) is 3.23. The number of aryl methyl sites for hydroxylation is 1. The molecule has 0 saturated carbocycles. The van der Waals surface area contributed by atoms with Crippen molar-refractivity contribution in [2.45, 2.75) is 12.8 Å². The fraction of sp³-hybridized carbons (Fsp3) is 0.333. The zero-order valence-corrected chi connectivity index (χ0v) is 7.67. The third-order valence-corrected chi connectivity index (χ3v) is 1.88. The monoisotopic (exact) mass is 219 g/mol. The van der Waals surface area contributed by atoms with Crippen LogP contribution in [-0.2, 0) is 6.42 Å². The molecule has 0 fully saturated rings. The molecule has 0 unspecified atom stereocenters. The Morgan fingerprint density at radius 1 is 1.13 bits per heavy atom. The van der Waals surface area contributed by atoms with Crippen molar-refractivity contribution in [3.63, 3.8) is 0 Å². The van der Waals surface area contributed by atoms with Gasteiger partial charge in [-0.15, -0.1) is 0 Å². The second kappa shape index (κ2) is 4.77. The minimum Gasteiger partial charge on any atom is -0.265 e. The molecular formula is C9H8F3NO2. The average Bonchev–Trinajstić information content (AvgIpc) is 2.13. The molecule has 3 nitrogen and oxygen atoms in total. The highest BCUT2D eigenvalue weighted by Gasteiger charge is 2.10. The molecule has 6 heteroatoms. The van der Waals surface area contributed by atoms with Crippen LogP contribution in [0.4, 0.5) is 13.2 Å². The van der Waals surface area contributed by atoms with Crippen molar-refractivity contribution in [3.8, 4) is 0 Å². The van der Waals surface area contributed by atoms with Crippen LogP contribution in [0.3, 0.4) is 0 Å². The Hall–Kier alpha value is -1.59. The lowest BCUT2D eigenvalue weighted by Gasteiger charge is -2.02. The summed E-state index contributed by atoms with van der Waals surface area (Å²) in [5.41, 5.74) is -0.0456. The number of halogens is 3. The van der Waals surface area contributed by atoms with Gasteiger partial charge in [-0.2, -0.15) is 0 Å². The molecule has 0 aliphatic rings. The Kier molecular flexibility index (Phi) is 3.65. The Bertz CT molecular complexity index is 382. The van der Waals surface area contributed by atoms with Gasteiger partial charge in [-0.05, 0) is 18.1 Å². The first-order valence-electron chi connectivity index (χ1n) is 4.26. The van der Waals surface area contributed by atoms with E-state index in [1.807, 2.05) is 0 Å². The largest absolute Gasteiger partial charge is 0.265 e. The van der Waals surface area contributed by atoms with Crippen LogP contribution in [0.5, 0.6) is 0 Å². The smallest absolute Gasteiger partial charge is 0.204 e. The van der Waals surface area contributed by atoms with Gasteiger partial charge in [0.1, 0.15) is 5.82 Å². The fourth-order valence-electron chi connectivity index (χ4n) is 1.15. The van der Waals surface area contributed by atoms with Crippen LogP contribution in [0.1, 0.15) is 12.0 Å². The van der Waals surface area contributed by atoms with Gasteiger partial charge in [0.25, 0.3) is 0 Å². The topological polar surface area (TPSA) is 43.1 Å². The van der Waals surface area contributed by atoms with Gasteiger partial charge in [-0.3, -0.25) is 10.1 Å². The molecule has 0 saturated heterocycles. The van der Waals surface area contributed by atoms with E-state index < -0.39 is 22.4 Å². The average molecular weight is 219 g/mol. The summed E-state index contributed by atoms with van der Waals surface area (Å²) in [5.74, 6) is -3.28. The van der Waals surface area contributed by atoms with Crippen molar-refractivity contribution in [1.82, 2.24) is 0 Å². The van der Waals surface area contributed by atoms with Gasteiger partial charge in [0.2, 0.25) is 6.54 Å². The Morgan fingerprint density at radius 3 is 2.33 bits per heavy atom. The first kappa shape index (κ1) is 11.5. The van der Waals surface area contributed by atoms with Crippen molar-refractivity contribution in [2.24, 2.45) is 0 Å². The van der Waals surface area contributed by atoms with Crippen LogP contribution in [0.2, 0.25) is 0 Å². The maximum absolute atomic E-state index is 13.0. The van der Waals surface area contributed by atoms with Gasteiger partial charge >= 0.3 is 0 Å². The maximum atomic E-state index is 13.0. The van der Waals surface area contributed by atoms with E-state index in [0.717, 1.165) is 6.07 Å². The number of nitrogens with zero attached hydrogens (tertiary/aromatic N) is 1. The minimum atomic E-state index is -1.26. The van der Waals surface area contributed by atoms with Gasteiger partial charge < -0.3 is 0 Å². The SMILES string of the molecule is O=[N+]([O-])CCCc1cc(F)c(F)cc1F. The predicted octanol–water partition coefficient (Wildman–Crippen LogP) is 2.31. The molecular weight excluding hydrogens is 211 g/mol. The summed E-state index contributed by atoms with van der Waals surface area (Å²) in [5, 5.41) is 9.97. The molecule has 1 aromatic carbocycles. The highest BCUT2D eigenvalue weighted by molar-refractivity contribution is 5.20. The number of rotatable bonds is 4. The molecule has 1 aromatic rings.